The molecule has 0 atom stereocenters. The first-order valence-electron chi connectivity index (χ1n) is 7.56. The van der Waals surface area contributed by atoms with Crippen LogP contribution in [-0.4, -0.2) is 50.1 Å². The van der Waals surface area contributed by atoms with Crippen molar-refractivity contribution in [2.75, 3.05) is 25.4 Å². The molecular weight excluding hydrogens is 340 g/mol. The van der Waals surface area contributed by atoms with E-state index in [2.05, 4.69) is 5.32 Å². The minimum Gasteiger partial charge on any atom is -0.484 e. The molecule has 1 aliphatic heterocycles. The number of sulfonamides is 1. The third kappa shape index (κ3) is 5.37. The van der Waals surface area contributed by atoms with Crippen LogP contribution in [0.2, 0.25) is 5.02 Å². The van der Waals surface area contributed by atoms with Gasteiger partial charge in [0, 0.05) is 24.2 Å². The van der Waals surface area contributed by atoms with Crippen molar-refractivity contribution in [3.63, 3.8) is 0 Å². The predicted octanol–water partition coefficient (Wildman–Crippen LogP) is 1.65. The Bertz CT molecular complexity index is 625. The van der Waals surface area contributed by atoms with Gasteiger partial charge in [0.2, 0.25) is 10.0 Å². The van der Waals surface area contributed by atoms with Gasteiger partial charge in [0.1, 0.15) is 5.75 Å². The Balaban J connectivity index is 1.73. The van der Waals surface area contributed by atoms with Gasteiger partial charge >= 0.3 is 0 Å². The molecule has 128 valence electrons. The van der Waals surface area contributed by atoms with E-state index >= 15 is 0 Å². The highest BCUT2D eigenvalue weighted by atomic mass is 35.5. The molecule has 0 saturated carbocycles. The summed E-state index contributed by atoms with van der Waals surface area (Å²) in [6, 6.07) is 6.77. The normalized spacial score (nSPS) is 17.0. The number of nitrogens with one attached hydrogen (secondary N) is 1. The number of carbonyl (C=O) groups is 1. The van der Waals surface area contributed by atoms with E-state index in [1.54, 1.807) is 31.2 Å². The van der Waals surface area contributed by atoms with E-state index in [-0.39, 0.29) is 24.3 Å². The molecule has 8 heteroatoms. The highest BCUT2D eigenvalue weighted by Crippen LogP contribution is 2.16. The maximum atomic E-state index is 11.9. The number of rotatable bonds is 6. The van der Waals surface area contributed by atoms with Crippen LogP contribution >= 0.6 is 11.6 Å². The Hall–Kier alpha value is -1.31. The molecule has 1 saturated heterocycles. The molecule has 0 radical (unpaired) electrons. The van der Waals surface area contributed by atoms with Crippen molar-refractivity contribution in [2.45, 2.75) is 25.8 Å². The molecule has 1 heterocycles. The molecule has 1 N–H and O–H groups in total. The van der Waals surface area contributed by atoms with Crippen molar-refractivity contribution in [1.82, 2.24) is 9.62 Å². The van der Waals surface area contributed by atoms with E-state index < -0.39 is 10.0 Å². The molecule has 0 aliphatic carbocycles. The van der Waals surface area contributed by atoms with Crippen molar-refractivity contribution in [2.24, 2.45) is 0 Å². The van der Waals surface area contributed by atoms with Crippen LogP contribution in [0.3, 0.4) is 0 Å². The van der Waals surface area contributed by atoms with Gasteiger partial charge in [-0.25, -0.2) is 12.7 Å². The van der Waals surface area contributed by atoms with E-state index in [1.165, 1.54) is 4.31 Å². The summed E-state index contributed by atoms with van der Waals surface area (Å²) in [4.78, 5) is 11.9. The Labute approximate surface area is 141 Å². The van der Waals surface area contributed by atoms with Crippen LogP contribution in [0.5, 0.6) is 5.75 Å². The fourth-order valence-electron chi connectivity index (χ4n) is 2.41. The molecule has 23 heavy (non-hydrogen) atoms. The summed E-state index contributed by atoms with van der Waals surface area (Å²) in [5.74, 6) is 0.476. The number of piperidine rings is 1. The van der Waals surface area contributed by atoms with E-state index in [4.69, 9.17) is 16.3 Å². The van der Waals surface area contributed by atoms with E-state index in [0.717, 1.165) is 0 Å². The van der Waals surface area contributed by atoms with E-state index in [9.17, 15) is 13.2 Å². The Kier molecular flexibility index (Phi) is 6.26. The molecule has 1 aromatic carbocycles. The van der Waals surface area contributed by atoms with Gasteiger partial charge in [0.05, 0.1) is 5.75 Å². The lowest BCUT2D eigenvalue weighted by atomic mass is 10.1. The first-order valence-corrected chi connectivity index (χ1v) is 9.55. The number of hydrogen-bond acceptors (Lipinski definition) is 4. The smallest absolute Gasteiger partial charge is 0.258 e. The number of hydrogen-bond donors (Lipinski definition) is 1. The van der Waals surface area contributed by atoms with E-state index in [0.29, 0.717) is 36.7 Å². The molecule has 2 rings (SSSR count). The Morgan fingerprint density at radius 1 is 1.30 bits per heavy atom. The van der Waals surface area contributed by atoms with E-state index in [1.807, 2.05) is 0 Å². The maximum absolute atomic E-state index is 11.9. The molecule has 6 nitrogen and oxygen atoms in total. The van der Waals surface area contributed by atoms with Gasteiger partial charge < -0.3 is 10.1 Å². The zero-order chi connectivity index (χ0) is 16.9. The lowest BCUT2D eigenvalue weighted by molar-refractivity contribution is -0.124. The summed E-state index contributed by atoms with van der Waals surface area (Å²) in [5.41, 5.74) is 0. The van der Waals surface area contributed by atoms with Crippen LogP contribution in [0.15, 0.2) is 24.3 Å². The van der Waals surface area contributed by atoms with Crippen LogP contribution in [0.4, 0.5) is 0 Å². The minimum atomic E-state index is -3.14. The van der Waals surface area contributed by atoms with Gasteiger partial charge in [-0.1, -0.05) is 11.6 Å². The number of nitrogens with zero attached hydrogens (tertiary/aromatic N) is 1. The fourth-order valence-corrected chi connectivity index (χ4v) is 3.67. The number of carbonyl (C=O) groups excluding carboxylic acids is 1. The highest BCUT2D eigenvalue weighted by Gasteiger charge is 2.27. The van der Waals surface area contributed by atoms with Gasteiger partial charge in [0.15, 0.2) is 6.61 Å². The first-order chi connectivity index (χ1) is 10.9. The molecule has 0 aromatic heterocycles. The second kappa shape index (κ2) is 7.99. The maximum Gasteiger partial charge on any atom is 0.258 e. The zero-order valence-corrected chi connectivity index (χ0v) is 14.6. The molecular formula is C15H21ClN2O4S. The lowest BCUT2D eigenvalue weighted by Crippen LogP contribution is -2.47. The van der Waals surface area contributed by atoms with Crippen LogP contribution in [0.25, 0.3) is 0 Å². The molecule has 1 fully saturated rings. The topological polar surface area (TPSA) is 75.7 Å². The molecule has 0 bridgehead atoms. The average molecular weight is 361 g/mol. The predicted molar refractivity (Wildman–Crippen MR) is 89.1 cm³/mol. The van der Waals surface area contributed by atoms with Gasteiger partial charge in [-0.05, 0) is 44.0 Å². The Morgan fingerprint density at radius 3 is 2.48 bits per heavy atom. The molecule has 0 spiro atoms. The van der Waals surface area contributed by atoms with Crippen LogP contribution in [-0.2, 0) is 14.8 Å². The summed E-state index contributed by atoms with van der Waals surface area (Å²) < 4.78 is 30.4. The molecule has 1 aromatic rings. The first kappa shape index (κ1) is 18.0. The van der Waals surface area contributed by atoms with Crippen molar-refractivity contribution in [3.8, 4) is 5.75 Å². The average Bonchev–Trinajstić information content (AvgIpc) is 2.55. The van der Waals surface area contributed by atoms with Gasteiger partial charge in [-0.15, -0.1) is 0 Å². The third-order valence-corrected chi connectivity index (χ3v) is 5.89. The summed E-state index contributed by atoms with van der Waals surface area (Å²) in [7, 11) is -3.14. The highest BCUT2D eigenvalue weighted by molar-refractivity contribution is 7.89. The summed E-state index contributed by atoms with van der Waals surface area (Å²) in [6.45, 7) is 2.45. The second-order valence-electron chi connectivity index (χ2n) is 5.38. The van der Waals surface area contributed by atoms with Crippen LogP contribution < -0.4 is 10.1 Å². The SMILES string of the molecule is CCS(=O)(=O)N1CCC(NC(=O)COc2ccc(Cl)cc2)CC1. The number of halogens is 1. The zero-order valence-electron chi connectivity index (χ0n) is 13.0. The van der Waals surface area contributed by atoms with Crippen LogP contribution in [0, 0.1) is 0 Å². The standard InChI is InChI=1S/C15H21ClN2O4S/c1-2-23(20,21)18-9-7-13(8-10-18)17-15(19)11-22-14-5-3-12(16)4-6-14/h3-6,13H,2,7-11H2,1H3,(H,17,19). The summed E-state index contributed by atoms with van der Waals surface area (Å²) >= 11 is 5.78. The van der Waals surface area contributed by atoms with Gasteiger partial charge in [-0.3, -0.25) is 4.79 Å². The van der Waals surface area contributed by atoms with Crippen LogP contribution in [0.1, 0.15) is 19.8 Å². The van der Waals surface area contributed by atoms with Crippen molar-refractivity contribution in [3.05, 3.63) is 29.3 Å². The van der Waals surface area contributed by atoms with Crippen molar-refractivity contribution < 1.29 is 17.9 Å². The number of amides is 1. The Morgan fingerprint density at radius 2 is 1.91 bits per heavy atom. The fraction of sp³-hybridized carbons (Fsp3) is 0.533. The largest absolute Gasteiger partial charge is 0.484 e. The summed E-state index contributed by atoms with van der Waals surface area (Å²) in [5, 5.41) is 3.49. The van der Waals surface area contributed by atoms with Crippen molar-refractivity contribution >= 4 is 27.5 Å². The van der Waals surface area contributed by atoms with Gasteiger partial charge in [-0.2, -0.15) is 0 Å². The minimum absolute atomic E-state index is 0.0142. The molecule has 1 aliphatic rings. The summed E-state index contributed by atoms with van der Waals surface area (Å²) in [6.07, 6.45) is 1.23. The molecule has 1 amide bonds. The number of benzene rings is 1. The third-order valence-electron chi connectivity index (χ3n) is 3.76. The molecule has 0 unspecified atom stereocenters. The van der Waals surface area contributed by atoms with Gasteiger partial charge in [0.25, 0.3) is 5.91 Å². The van der Waals surface area contributed by atoms with Crippen molar-refractivity contribution in [1.29, 1.82) is 0 Å². The quantitative estimate of drug-likeness (QED) is 0.837. The lowest BCUT2D eigenvalue weighted by Gasteiger charge is -2.31. The second-order valence-corrected chi connectivity index (χ2v) is 8.08. The monoisotopic (exact) mass is 360 g/mol. The number of ether oxygens (including phenoxy) is 1.